The number of nitrogens with zero attached hydrogens (tertiary/aromatic N) is 1. The lowest BCUT2D eigenvalue weighted by atomic mass is 10.2. The van der Waals surface area contributed by atoms with Gasteiger partial charge in [-0.25, -0.2) is 0 Å². The molecule has 2 aromatic rings. The molecule has 1 aromatic carbocycles. The van der Waals surface area contributed by atoms with Crippen molar-refractivity contribution in [2.75, 3.05) is 19.5 Å². The predicted octanol–water partition coefficient (Wildman–Crippen LogP) is 2.97. The molecular formula is C12H13NOS. The van der Waals surface area contributed by atoms with Gasteiger partial charge in [-0.1, -0.05) is 18.2 Å². The molecule has 2 nitrogen and oxygen atoms in total. The van der Waals surface area contributed by atoms with Crippen LogP contribution < -0.4 is 0 Å². The number of hydrogen-bond acceptors (Lipinski definition) is 3. The quantitative estimate of drug-likeness (QED) is 0.583. The van der Waals surface area contributed by atoms with Crippen molar-refractivity contribution in [1.29, 1.82) is 0 Å². The van der Waals surface area contributed by atoms with Crippen LogP contribution in [-0.2, 0) is 4.74 Å². The second-order valence-electron chi connectivity index (χ2n) is 3.17. The summed E-state index contributed by atoms with van der Waals surface area (Å²) >= 11 is 1.81. The van der Waals surface area contributed by atoms with E-state index in [0.29, 0.717) is 0 Å². The molecule has 0 N–H and O–H groups in total. The minimum Gasteiger partial charge on any atom is -0.384 e. The zero-order valence-electron chi connectivity index (χ0n) is 8.64. The highest BCUT2D eigenvalue weighted by Gasteiger charge is 2.00. The third-order valence-electron chi connectivity index (χ3n) is 2.15. The second-order valence-corrected chi connectivity index (χ2v) is 4.30. The molecule has 2 rings (SSSR count). The molecule has 15 heavy (non-hydrogen) atoms. The van der Waals surface area contributed by atoms with E-state index in [9.17, 15) is 0 Å². The molecule has 0 aliphatic carbocycles. The van der Waals surface area contributed by atoms with Gasteiger partial charge in [-0.3, -0.25) is 4.98 Å². The number of hydrogen-bond donors (Lipinski definition) is 0. The van der Waals surface area contributed by atoms with E-state index in [2.05, 4.69) is 17.1 Å². The first-order valence-corrected chi connectivity index (χ1v) is 5.86. The van der Waals surface area contributed by atoms with E-state index in [1.54, 1.807) is 7.11 Å². The summed E-state index contributed by atoms with van der Waals surface area (Å²) in [6.45, 7) is 0.779. The largest absolute Gasteiger partial charge is 0.384 e. The molecule has 1 aromatic heterocycles. The van der Waals surface area contributed by atoms with Gasteiger partial charge < -0.3 is 4.74 Å². The smallest absolute Gasteiger partial charge is 0.0713 e. The molecule has 0 fully saturated rings. The summed E-state index contributed by atoms with van der Waals surface area (Å²) in [6.07, 6.45) is 1.86. The SMILES string of the molecule is COCCSc1ccnc2ccccc12. The van der Waals surface area contributed by atoms with Gasteiger partial charge in [0.05, 0.1) is 12.1 Å². The van der Waals surface area contributed by atoms with Crippen molar-refractivity contribution in [2.45, 2.75) is 4.90 Å². The number of thioether (sulfide) groups is 1. The number of methoxy groups -OCH3 is 1. The normalized spacial score (nSPS) is 10.7. The van der Waals surface area contributed by atoms with Crippen molar-refractivity contribution in [3.05, 3.63) is 36.5 Å². The van der Waals surface area contributed by atoms with Crippen LogP contribution >= 0.6 is 11.8 Å². The van der Waals surface area contributed by atoms with E-state index in [0.717, 1.165) is 17.9 Å². The van der Waals surface area contributed by atoms with Crippen LogP contribution in [0.25, 0.3) is 10.9 Å². The molecule has 0 amide bonds. The van der Waals surface area contributed by atoms with Crippen LogP contribution in [0.4, 0.5) is 0 Å². The third kappa shape index (κ3) is 2.49. The number of aromatic nitrogens is 1. The van der Waals surface area contributed by atoms with Crippen molar-refractivity contribution in [3.63, 3.8) is 0 Å². The van der Waals surface area contributed by atoms with Gasteiger partial charge in [0.15, 0.2) is 0 Å². The van der Waals surface area contributed by atoms with Crippen LogP contribution in [0.1, 0.15) is 0 Å². The van der Waals surface area contributed by atoms with Gasteiger partial charge in [0.25, 0.3) is 0 Å². The van der Waals surface area contributed by atoms with E-state index in [1.165, 1.54) is 10.3 Å². The average molecular weight is 219 g/mol. The molecule has 3 heteroatoms. The molecule has 0 saturated carbocycles. The Morgan fingerprint density at radius 2 is 2.13 bits per heavy atom. The van der Waals surface area contributed by atoms with Gasteiger partial charge in [0, 0.05) is 29.3 Å². The molecule has 0 unspecified atom stereocenters. The van der Waals surface area contributed by atoms with Crippen LogP contribution in [0.3, 0.4) is 0 Å². The third-order valence-corrected chi connectivity index (χ3v) is 3.19. The monoisotopic (exact) mass is 219 g/mol. The Labute approximate surface area is 93.7 Å². The second kappa shape index (κ2) is 5.14. The van der Waals surface area contributed by atoms with Crippen molar-refractivity contribution in [1.82, 2.24) is 4.98 Å². The Bertz CT molecular complexity index is 439. The topological polar surface area (TPSA) is 22.1 Å². The standard InChI is InChI=1S/C12H13NOS/c1-14-8-9-15-12-6-7-13-11-5-3-2-4-10(11)12/h2-7H,8-9H2,1H3. The number of fused-ring (bicyclic) bond motifs is 1. The predicted molar refractivity (Wildman–Crippen MR) is 64.3 cm³/mol. The zero-order chi connectivity index (χ0) is 10.5. The molecule has 0 radical (unpaired) electrons. The van der Waals surface area contributed by atoms with Gasteiger partial charge in [-0.15, -0.1) is 11.8 Å². The summed E-state index contributed by atoms with van der Waals surface area (Å²) < 4.78 is 5.04. The zero-order valence-corrected chi connectivity index (χ0v) is 9.46. The molecule has 0 atom stereocenters. The van der Waals surface area contributed by atoms with Crippen LogP contribution in [0.15, 0.2) is 41.4 Å². The lowest BCUT2D eigenvalue weighted by Gasteiger charge is -2.04. The lowest BCUT2D eigenvalue weighted by Crippen LogP contribution is -1.91. The molecule has 0 aliphatic rings. The van der Waals surface area contributed by atoms with E-state index in [1.807, 2.05) is 36.2 Å². The first kappa shape index (κ1) is 10.5. The minimum atomic E-state index is 0.779. The maximum absolute atomic E-state index is 5.04. The lowest BCUT2D eigenvalue weighted by molar-refractivity contribution is 0.218. The van der Waals surface area contributed by atoms with Crippen LogP contribution in [0, 0.1) is 0 Å². The summed E-state index contributed by atoms with van der Waals surface area (Å²) in [5, 5.41) is 1.22. The van der Waals surface area contributed by atoms with Gasteiger partial charge in [0.1, 0.15) is 0 Å². The molecule has 0 saturated heterocycles. The summed E-state index contributed by atoms with van der Waals surface area (Å²) in [4.78, 5) is 5.60. The Kier molecular flexibility index (Phi) is 3.59. The Morgan fingerprint density at radius 3 is 3.00 bits per heavy atom. The number of para-hydroxylation sites is 1. The number of benzene rings is 1. The summed E-state index contributed by atoms with van der Waals surface area (Å²) in [7, 11) is 1.73. The Balaban J connectivity index is 2.26. The first-order chi connectivity index (χ1) is 7.42. The van der Waals surface area contributed by atoms with Crippen LogP contribution in [0.5, 0.6) is 0 Å². The summed E-state index contributed by atoms with van der Waals surface area (Å²) in [6, 6.07) is 10.3. The number of pyridine rings is 1. The van der Waals surface area contributed by atoms with Crippen molar-refractivity contribution in [3.8, 4) is 0 Å². The number of ether oxygens (including phenoxy) is 1. The summed E-state index contributed by atoms with van der Waals surface area (Å²) in [5.41, 5.74) is 1.06. The molecule has 0 aliphatic heterocycles. The Morgan fingerprint density at radius 1 is 1.27 bits per heavy atom. The fraction of sp³-hybridized carbons (Fsp3) is 0.250. The van der Waals surface area contributed by atoms with Gasteiger partial charge in [-0.05, 0) is 12.1 Å². The molecule has 0 bridgehead atoms. The first-order valence-electron chi connectivity index (χ1n) is 4.87. The maximum atomic E-state index is 5.04. The highest BCUT2D eigenvalue weighted by Crippen LogP contribution is 2.25. The summed E-state index contributed by atoms with van der Waals surface area (Å²) in [5.74, 6) is 0.977. The van der Waals surface area contributed by atoms with Crippen molar-refractivity contribution < 1.29 is 4.74 Å². The Hall–Kier alpha value is -1.06. The molecule has 78 valence electrons. The average Bonchev–Trinajstić information content (AvgIpc) is 2.30. The van der Waals surface area contributed by atoms with Crippen molar-refractivity contribution >= 4 is 22.7 Å². The van der Waals surface area contributed by atoms with Crippen molar-refractivity contribution in [2.24, 2.45) is 0 Å². The van der Waals surface area contributed by atoms with Gasteiger partial charge in [0.2, 0.25) is 0 Å². The van der Waals surface area contributed by atoms with E-state index >= 15 is 0 Å². The fourth-order valence-electron chi connectivity index (χ4n) is 1.43. The molecular weight excluding hydrogens is 206 g/mol. The van der Waals surface area contributed by atoms with E-state index < -0.39 is 0 Å². The van der Waals surface area contributed by atoms with E-state index in [4.69, 9.17) is 4.74 Å². The van der Waals surface area contributed by atoms with Gasteiger partial charge >= 0.3 is 0 Å². The fourth-order valence-corrected chi connectivity index (χ4v) is 2.39. The molecule has 0 spiro atoms. The minimum absolute atomic E-state index is 0.779. The maximum Gasteiger partial charge on any atom is 0.0713 e. The van der Waals surface area contributed by atoms with Crippen LogP contribution in [0.2, 0.25) is 0 Å². The molecule has 1 heterocycles. The highest BCUT2D eigenvalue weighted by molar-refractivity contribution is 7.99. The van der Waals surface area contributed by atoms with E-state index in [-0.39, 0.29) is 0 Å². The number of rotatable bonds is 4. The van der Waals surface area contributed by atoms with Gasteiger partial charge in [-0.2, -0.15) is 0 Å². The highest BCUT2D eigenvalue weighted by atomic mass is 32.2. The van der Waals surface area contributed by atoms with Crippen LogP contribution in [-0.4, -0.2) is 24.5 Å².